The van der Waals surface area contributed by atoms with Crippen molar-refractivity contribution >= 4 is 11.9 Å². The summed E-state index contributed by atoms with van der Waals surface area (Å²) in [4.78, 5) is 11.1. The minimum absolute atomic E-state index is 0.169. The largest absolute Gasteiger partial charge is 0.295 e. The fourth-order valence-corrected chi connectivity index (χ4v) is 1.30. The molecule has 0 saturated heterocycles. The second-order valence-electron chi connectivity index (χ2n) is 3.97. The first-order valence-corrected chi connectivity index (χ1v) is 5.44. The van der Waals surface area contributed by atoms with Gasteiger partial charge in [0.25, 0.3) is 0 Å². The number of carbonyl (C=O) groups excluding carboxylic acids is 1. The molecule has 0 heterocycles. The molecule has 0 aliphatic heterocycles. The van der Waals surface area contributed by atoms with E-state index >= 15 is 0 Å². The lowest BCUT2D eigenvalue weighted by Gasteiger charge is -2.04. The molecule has 0 aliphatic rings. The van der Waals surface area contributed by atoms with Crippen molar-refractivity contribution in [3.05, 3.63) is 41.5 Å². The smallest absolute Gasteiger partial charge is 0.155 e. The molecule has 0 spiro atoms. The molecule has 0 aromatic heterocycles. The zero-order chi connectivity index (χ0) is 11.3. The highest BCUT2D eigenvalue weighted by molar-refractivity contribution is 5.93. The van der Waals surface area contributed by atoms with Gasteiger partial charge in [-0.15, -0.1) is 0 Å². The Kier molecular flexibility index (Phi) is 4.29. The molecule has 15 heavy (non-hydrogen) atoms. The molecule has 1 heteroatoms. The average molecular weight is 202 g/mol. The molecule has 0 amide bonds. The van der Waals surface area contributed by atoms with Crippen LogP contribution in [0.2, 0.25) is 0 Å². The molecule has 1 rings (SSSR count). The number of allylic oxidation sites excluding steroid dienone is 1. The van der Waals surface area contributed by atoms with Crippen molar-refractivity contribution in [2.45, 2.75) is 33.1 Å². The Bertz CT molecular complexity index is 344. The fourth-order valence-electron chi connectivity index (χ4n) is 1.30. The van der Waals surface area contributed by atoms with E-state index in [1.54, 1.807) is 6.08 Å². The van der Waals surface area contributed by atoms with Crippen molar-refractivity contribution in [1.82, 2.24) is 0 Å². The third-order valence-corrected chi connectivity index (χ3v) is 2.41. The maximum absolute atomic E-state index is 11.1. The summed E-state index contributed by atoms with van der Waals surface area (Å²) in [5, 5.41) is 0. The van der Waals surface area contributed by atoms with Gasteiger partial charge in [-0.3, -0.25) is 4.79 Å². The van der Waals surface area contributed by atoms with Crippen molar-refractivity contribution in [2.75, 3.05) is 0 Å². The molecule has 1 nitrogen and oxygen atoms in total. The van der Waals surface area contributed by atoms with Gasteiger partial charge in [-0.1, -0.05) is 51.1 Å². The number of hydrogen-bond acceptors (Lipinski definition) is 1. The number of ketones is 1. The maximum Gasteiger partial charge on any atom is 0.155 e. The molecule has 80 valence electrons. The standard InChI is InChI=1S/C14H18O/c1-4-14(15)10-7-12-5-8-13(9-6-12)11(2)3/h5-11H,4H2,1-3H3. The predicted octanol–water partition coefficient (Wildman–Crippen LogP) is 3.80. The molecule has 0 N–H and O–H groups in total. The van der Waals surface area contributed by atoms with E-state index in [2.05, 4.69) is 38.1 Å². The average Bonchev–Trinajstić information content (AvgIpc) is 2.26. The van der Waals surface area contributed by atoms with Gasteiger partial charge < -0.3 is 0 Å². The van der Waals surface area contributed by atoms with Gasteiger partial charge in [0.15, 0.2) is 5.78 Å². The minimum atomic E-state index is 0.169. The third-order valence-electron chi connectivity index (χ3n) is 2.41. The van der Waals surface area contributed by atoms with Gasteiger partial charge >= 0.3 is 0 Å². The zero-order valence-electron chi connectivity index (χ0n) is 9.66. The summed E-state index contributed by atoms with van der Waals surface area (Å²) in [6.07, 6.45) is 4.08. The van der Waals surface area contributed by atoms with E-state index in [-0.39, 0.29) is 5.78 Å². The SMILES string of the molecule is CCC(=O)C=Cc1ccc(C(C)C)cc1. The topological polar surface area (TPSA) is 17.1 Å². The summed E-state index contributed by atoms with van der Waals surface area (Å²) in [7, 11) is 0. The molecule has 0 aliphatic carbocycles. The van der Waals surface area contributed by atoms with Crippen LogP contribution in [0.5, 0.6) is 0 Å². The summed E-state index contributed by atoms with van der Waals surface area (Å²) in [5.74, 6) is 0.725. The van der Waals surface area contributed by atoms with E-state index in [1.165, 1.54) is 5.56 Å². The molecular formula is C14H18O. The van der Waals surface area contributed by atoms with Gasteiger partial charge in [0.1, 0.15) is 0 Å². The van der Waals surface area contributed by atoms with Crippen molar-refractivity contribution in [3.63, 3.8) is 0 Å². The lowest BCUT2D eigenvalue weighted by molar-refractivity contribution is -0.114. The van der Waals surface area contributed by atoms with Crippen LogP contribution in [0.3, 0.4) is 0 Å². The highest BCUT2D eigenvalue weighted by atomic mass is 16.1. The molecule has 0 fully saturated rings. The van der Waals surface area contributed by atoms with Crippen LogP contribution in [-0.4, -0.2) is 5.78 Å². The Hall–Kier alpha value is -1.37. The van der Waals surface area contributed by atoms with Gasteiger partial charge in [0.05, 0.1) is 0 Å². The van der Waals surface area contributed by atoms with Gasteiger partial charge in [-0.2, -0.15) is 0 Å². The predicted molar refractivity (Wildman–Crippen MR) is 64.9 cm³/mol. The van der Waals surface area contributed by atoms with Crippen LogP contribution < -0.4 is 0 Å². The molecule has 1 aromatic rings. The van der Waals surface area contributed by atoms with E-state index in [0.717, 1.165) is 5.56 Å². The van der Waals surface area contributed by atoms with Crippen LogP contribution >= 0.6 is 0 Å². The number of carbonyl (C=O) groups is 1. The number of hydrogen-bond donors (Lipinski definition) is 0. The second kappa shape index (κ2) is 5.50. The van der Waals surface area contributed by atoms with Crippen LogP contribution in [0.4, 0.5) is 0 Å². The second-order valence-corrected chi connectivity index (χ2v) is 3.97. The monoisotopic (exact) mass is 202 g/mol. The van der Waals surface area contributed by atoms with Crippen LogP contribution in [0.1, 0.15) is 44.2 Å². The molecule has 1 aromatic carbocycles. The van der Waals surface area contributed by atoms with E-state index < -0.39 is 0 Å². The summed E-state index contributed by atoms with van der Waals surface area (Å²) in [6, 6.07) is 8.32. The van der Waals surface area contributed by atoms with Crippen molar-refractivity contribution < 1.29 is 4.79 Å². The summed E-state index contributed by atoms with van der Waals surface area (Å²) >= 11 is 0. The first-order chi connectivity index (χ1) is 7.13. The van der Waals surface area contributed by atoms with E-state index in [0.29, 0.717) is 12.3 Å². The van der Waals surface area contributed by atoms with Crippen LogP contribution in [0, 0.1) is 0 Å². The van der Waals surface area contributed by atoms with Gasteiger partial charge in [-0.25, -0.2) is 0 Å². The first-order valence-electron chi connectivity index (χ1n) is 5.44. The Morgan fingerprint density at radius 3 is 2.33 bits per heavy atom. The summed E-state index contributed by atoms with van der Waals surface area (Å²) in [5.41, 5.74) is 2.41. The van der Waals surface area contributed by atoms with Gasteiger partial charge in [0, 0.05) is 6.42 Å². The Morgan fingerprint density at radius 1 is 1.27 bits per heavy atom. The number of benzene rings is 1. The van der Waals surface area contributed by atoms with Crippen molar-refractivity contribution in [3.8, 4) is 0 Å². The lowest BCUT2D eigenvalue weighted by atomic mass is 10.0. The molecule has 0 unspecified atom stereocenters. The van der Waals surface area contributed by atoms with E-state index in [4.69, 9.17) is 0 Å². The van der Waals surface area contributed by atoms with Crippen LogP contribution in [0.15, 0.2) is 30.3 Å². The zero-order valence-corrected chi connectivity index (χ0v) is 9.66. The van der Waals surface area contributed by atoms with Gasteiger partial charge in [0.2, 0.25) is 0 Å². The van der Waals surface area contributed by atoms with E-state index in [9.17, 15) is 4.79 Å². The Labute approximate surface area is 91.8 Å². The van der Waals surface area contributed by atoms with Gasteiger partial charge in [-0.05, 0) is 23.1 Å². The summed E-state index contributed by atoms with van der Waals surface area (Å²) < 4.78 is 0. The van der Waals surface area contributed by atoms with Crippen LogP contribution in [0.25, 0.3) is 6.08 Å². The Balaban J connectivity index is 2.72. The molecule has 0 bridgehead atoms. The first kappa shape index (κ1) is 11.7. The Morgan fingerprint density at radius 2 is 1.87 bits per heavy atom. The number of rotatable bonds is 4. The van der Waals surface area contributed by atoms with E-state index in [1.807, 2.05) is 13.0 Å². The fraction of sp³-hybridized carbons (Fsp3) is 0.357. The summed E-state index contributed by atoms with van der Waals surface area (Å²) in [6.45, 7) is 6.21. The van der Waals surface area contributed by atoms with Crippen molar-refractivity contribution in [2.24, 2.45) is 0 Å². The highest BCUT2D eigenvalue weighted by Gasteiger charge is 1.97. The molecule has 0 saturated carbocycles. The van der Waals surface area contributed by atoms with Crippen LogP contribution in [-0.2, 0) is 4.79 Å². The molecule has 0 atom stereocenters. The minimum Gasteiger partial charge on any atom is -0.295 e. The quantitative estimate of drug-likeness (QED) is 0.679. The third kappa shape index (κ3) is 3.70. The molecular weight excluding hydrogens is 184 g/mol. The maximum atomic E-state index is 11.1. The highest BCUT2D eigenvalue weighted by Crippen LogP contribution is 2.15. The van der Waals surface area contributed by atoms with Crippen molar-refractivity contribution in [1.29, 1.82) is 0 Å². The lowest BCUT2D eigenvalue weighted by Crippen LogP contribution is -1.88. The normalized spacial score (nSPS) is 11.2. The molecule has 0 radical (unpaired) electrons.